The molecule has 0 aliphatic carbocycles. The lowest BCUT2D eigenvalue weighted by Gasteiger charge is -2.13. The molecule has 2 aromatic carbocycles. The largest absolute Gasteiger partial charge is 0.497 e. The van der Waals surface area contributed by atoms with Crippen LogP contribution in [-0.2, 0) is 20.7 Å². The molecule has 0 aromatic heterocycles. The van der Waals surface area contributed by atoms with Crippen molar-refractivity contribution in [1.29, 1.82) is 0 Å². The highest BCUT2D eigenvalue weighted by atomic mass is 19.1. The van der Waals surface area contributed by atoms with Gasteiger partial charge in [-0.05, 0) is 55.3 Å². The fraction of sp³-hybridized carbons (Fsp3) is 0.263. The highest BCUT2D eigenvalue weighted by Gasteiger charge is 2.17. The van der Waals surface area contributed by atoms with Crippen molar-refractivity contribution in [3.8, 4) is 5.75 Å². The van der Waals surface area contributed by atoms with E-state index in [4.69, 9.17) is 9.47 Å². The highest BCUT2D eigenvalue weighted by molar-refractivity contribution is 5.95. The van der Waals surface area contributed by atoms with Crippen LogP contribution in [0.1, 0.15) is 18.9 Å². The topological polar surface area (TPSA) is 64.6 Å². The highest BCUT2D eigenvalue weighted by Crippen LogP contribution is 2.13. The Balaban J connectivity index is 1.78. The van der Waals surface area contributed by atoms with Crippen LogP contribution in [0.3, 0.4) is 0 Å². The third kappa shape index (κ3) is 5.91. The van der Waals surface area contributed by atoms with Crippen molar-refractivity contribution in [3.63, 3.8) is 0 Å². The van der Waals surface area contributed by atoms with Gasteiger partial charge in [0.25, 0.3) is 5.91 Å². The Kier molecular flexibility index (Phi) is 6.51. The molecular weight excluding hydrogens is 325 g/mol. The fourth-order valence-corrected chi connectivity index (χ4v) is 2.13. The van der Waals surface area contributed by atoms with Gasteiger partial charge in [0.1, 0.15) is 11.6 Å². The second kappa shape index (κ2) is 8.82. The molecule has 1 amide bonds. The van der Waals surface area contributed by atoms with Gasteiger partial charge < -0.3 is 14.8 Å². The SMILES string of the molecule is COc1ccc(CCC(=O)O[C@@H](C)C(=O)Nc2ccc(F)cc2)cc1. The number of rotatable bonds is 7. The predicted octanol–water partition coefficient (Wildman–Crippen LogP) is 3.34. The van der Waals surface area contributed by atoms with Crippen molar-refractivity contribution < 1.29 is 23.5 Å². The lowest BCUT2D eigenvalue weighted by Crippen LogP contribution is -2.30. The molecule has 2 rings (SSSR count). The summed E-state index contributed by atoms with van der Waals surface area (Å²) in [5.74, 6) is -0.574. The van der Waals surface area contributed by atoms with Crippen molar-refractivity contribution in [2.24, 2.45) is 0 Å². The number of methoxy groups -OCH3 is 1. The Morgan fingerprint density at radius 3 is 2.32 bits per heavy atom. The Bertz CT molecular complexity index is 713. The Hall–Kier alpha value is -2.89. The summed E-state index contributed by atoms with van der Waals surface area (Å²) < 4.78 is 23.0. The molecule has 0 aliphatic heterocycles. The standard InChI is InChI=1S/C19H20FNO4/c1-13(19(23)21-16-8-6-15(20)7-9-16)25-18(22)12-5-14-3-10-17(24-2)11-4-14/h3-4,6-11,13H,5,12H2,1-2H3,(H,21,23)/t13-/m0/s1. The number of halogens is 1. The number of nitrogens with one attached hydrogen (secondary N) is 1. The molecule has 25 heavy (non-hydrogen) atoms. The Morgan fingerprint density at radius 2 is 1.72 bits per heavy atom. The van der Waals surface area contributed by atoms with Gasteiger partial charge in [-0.15, -0.1) is 0 Å². The van der Waals surface area contributed by atoms with Gasteiger partial charge in [0.05, 0.1) is 7.11 Å². The number of benzene rings is 2. The summed E-state index contributed by atoms with van der Waals surface area (Å²) in [7, 11) is 1.59. The number of esters is 1. The summed E-state index contributed by atoms with van der Waals surface area (Å²) in [6.07, 6.45) is -0.260. The van der Waals surface area contributed by atoms with Crippen LogP contribution in [0.15, 0.2) is 48.5 Å². The molecule has 2 aromatic rings. The molecule has 1 N–H and O–H groups in total. The second-order valence-corrected chi connectivity index (χ2v) is 5.48. The van der Waals surface area contributed by atoms with E-state index < -0.39 is 23.8 Å². The number of amides is 1. The van der Waals surface area contributed by atoms with E-state index in [1.165, 1.54) is 31.2 Å². The van der Waals surface area contributed by atoms with Gasteiger partial charge in [-0.1, -0.05) is 12.1 Å². The number of aryl methyl sites for hydroxylation is 1. The van der Waals surface area contributed by atoms with E-state index in [1.54, 1.807) is 7.11 Å². The first-order valence-corrected chi connectivity index (χ1v) is 7.87. The van der Waals surface area contributed by atoms with Crippen molar-refractivity contribution in [2.45, 2.75) is 25.9 Å². The molecule has 0 bridgehead atoms. The van der Waals surface area contributed by atoms with E-state index in [9.17, 15) is 14.0 Å². The summed E-state index contributed by atoms with van der Waals surface area (Å²) in [6.45, 7) is 1.49. The fourth-order valence-electron chi connectivity index (χ4n) is 2.13. The van der Waals surface area contributed by atoms with Gasteiger partial charge in [0.15, 0.2) is 6.10 Å². The minimum absolute atomic E-state index is 0.167. The van der Waals surface area contributed by atoms with Gasteiger partial charge in [-0.25, -0.2) is 4.39 Å². The number of hydrogen-bond donors (Lipinski definition) is 1. The Labute approximate surface area is 145 Å². The van der Waals surface area contributed by atoms with Gasteiger partial charge in [-0.3, -0.25) is 9.59 Å². The van der Waals surface area contributed by atoms with Crippen LogP contribution in [0.2, 0.25) is 0 Å². The predicted molar refractivity (Wildman–Crippen MR) is 91.9 cm³/mol. The number of carbonyl (C=O) groups excluding carboxylic acids is 2. The third-order valence-corrected chi connectivity index (χ3v) is 3.57. The van der Waals surface area contributed by atoms with Gasteiger partial charge in [-0.2, -0.15) is 0 Å². The molecule has 0 radical (unpaired) electrons. The van der Waals surface area contributed by atoms with Crippen LogP contribution >= 0.6 is 0 Å². The maximum Gasteiger partial charge on any atom is 0.306 e. The minimum atomic E-state index is -0.937. The molecule has 0 saturated carbocycles. The van der Waals surface area contributed by atoms with Crippen LogP contribution in [0.4, 0.5) is 10.1 Å². The average molecular weight is 345 g/mol. The lowest BCUT2D eigenvalue weighted by atomic mass is 10.1. The molecule has 0 aliphatic rings. The molecule has 132 valence electrons. The van der Waals surface area contributed by atoms with E-state index in [-0.39, 0.29) is 6.42 Å². The molecule has 1 atom stereocenters. The summed E-state index contributed by atoms with van der Waals surface area (Å²) in [6, 6.07) is 12.7. The van der Waals surface area contributed by atoms with Crippen LogP contribution in [-0.4, -0.2) is 25.1 Å². The lowest BCUT2D eigenvalue weighted by molar-refractivity contribution is -0.153. The van der Waals surface area contributed by atoms with Crippen molar-refractivity contribution >= 4 is 17.6 Å². The van der Waals surface area contributed by atoms with E-state index in [0.29, 0.717) is 12.1 Å². The summed E-state index contributed by atoms with van der Waals surface area (Å²) >= 11 is 0. The van der Waals surface area contributed by atoms with Crippen molar-refractivity contribution in [3.05, 3.63) is 59.9 Å². The van der Waals surface area contributed by atoms with E-state index >= 15 is 0 Å². The van der Waals surface area contributed by atoms with E-state index in [0.717, 1.165) is 11.3 Å². The molecular formula is C19H20FNO4. The number of carbonyl (C=O) groups is 2. The first-order chi connectivity index (χ1) is 12.0. The third-order valence-electron chi connectivity index (χ3n) is 3.57. The summed E-state index contributed by atoms with van der Waals surface area (Å²) in [5.41, 5.74) is 1.41. The quantitative estimate of drug-likeness (QED) is 0.782. The molecule has 0 saturated heterocycles. The van der Waals surface area contributed by atoms with Gasteiger partial charge >= 0.3 is 5.97 Å². The molecule has 5 nitrogen and oxygen atoms in total. The van der Waals surface area contributed by atoms with Gasteiger partial charge in [0, 0.05) is 12.1 Å². The second-order valence-electron chi connectivity index (χ2n) is 5.48. The molecule has 0 fully saturated rings. The zero-order chi connectivity index (χ0) is 18.2. The molecule has 0 unspecified atom stereocenters. The average Bonchev–Trinajstić information content (AvgIpc) is 2.62. The normalized spacial score (nSPS) is 11.5. The summed E-state index contributed by atoms with van der Waals surface area (Å²) in [4.78, 5) is 23.9. The number of ether oxygens (including phenoxy) is 2. The first kappa shape index (κ1) is 18.4. The molecule has 0 spiro atoms. The number of hydrogen-bond acceptors (Lipinski definition) is 4. The maximum atomic E-state index is 12.8. The first-order valence-electron chi connectivity index (χ1n) is 7.87. The van der Waals surface area contributed by atoms with E-state index in [1.807, 2.05) is 24.3 Å². The van der Waals surface area contributed by atoms with Gasteiger partial charge in [0.2, 0.25) is 0 Å². The van der Waals surface area contributed by atoms with E-state index in [2.05, 4.69) is 5.32 Å². The number of anilines is 1. The molecule has 0 heterocycles. The van der Waals surface area contributed by atoms with Crippen LogP contribution < -0.4 is 10.1 Å². The zero-order valence-electron chi connectivity index (χ0n) is 14.1. The maximum absolute atomic E-state index is 12.8. The van der Waals surface area contributed by atoms with Crippen LogP contribution in [0.5, 0.6) is 5.75 Å². The zero-order valence-corrected chi connectivity index (χ0v) is 14.1. The Morgan fingerprint density at radius 1 is 1.08 bits per heavy atom. The van der Waals surface area contributed by atoms with Crippen molar-refractivity contribution in [1.82, 2.24) is 0 Å². The van der Waals surface area contributed by atoms with Crippen LogP contribution in [0, 0.1) is 5.82 Å². The summed E-state index contributed by atoms with van der Waals surface area (Å²) in [5, 5.41) is 2.56. The molecule has 6 heteroatoms. The monoisotopic (exact) mass is 345 g/mol. The van der Waals surface area contributed by atoms with Crippen molar-refractivity contribution in [2.75, 3.05) is 12.4 Å². The smallest absolute Gasteiger partial charge is 0.306 e. The minimum Gasteiger partial charge on any atom is -0.497 e. The van der Waals surface area contributed by atoms with Crippen LogP contribution in [0.25, 0.3) is 0 Å².